The summed E-state index contributed by atoms with van der Waals surface area (Å²) in [6, 6.07) is 12.6. The number of methoxy groups -OCH3 is 1. The predicted octanol–water partition coefficient (Wildman–Crippen LogP) is 2.14. The summed E-state index contributed by atoms with van der Waals surface area (Å²) >= 11 is 6.15. The molecule has 0 heterocycles. The third-order valence-corrected chi connectivity index (χ3v) is 4.41. The van der Waals surface area contributed by atoms with E-state index in [1.165, 1.54) is 0 Å². The molecule has 0 saturated heterocycles. The molecule has 0 saturated carbocycles. The summed E-state index contributed by atoms with van der Waals surface area (Å²) in [5.41, 5.74) is 2.28. The minimum Gasteiger partial charge on any atom is -0.497 e. The molecule has 6 nitrogen and oxygen atoms in total. The highest BCUT2D eigenvalue weighted by molar-refractivity contribution is 6.33. The van der Waals surface area contributed by atoms with Gasteiger partial charge in [0.05, 0.1) is 24.4 Å². The Hall–Kier alpha value is -2.57. The van der Waals surface area contributed by atoms with Crippen molar-refractivity contribution in [2.45, 2.75) is 13.8 Å². The summed E-state index contributed by atoms with van der Waals surface area (Å²) in [5, 5.41) is 6.13. The highest BCUT2D eigenvalue weighted by Gasteiger charge is 2.17. The number of quaternary nitrogens is 1. The van der Waals surface area contributed by atoms with Crippen molar-refractivity contribution in [1.29, 1.82) is 0 Å². The first-order valence-electron chi connectivity index (χ1n) is 8.74. The van der Waals surface area contributed by atoms with Gasteiger partial charge in [-0.2, -0.15) is 0 Å². The lowest BCUT2D eigenvalue weighted by Crippen LogP contribution is -3.13. The van der Waals surface area contributed by atoms with E-state index in [2.05, 4.69) is 10.6 Å². The maximum Gasteiger partial charge on any atom is 0.279 e. The van der Waals surface area contributed by atoms with Crippen LogP contribution in [0.3, 0.4) is 0 Å². The lowest BCUT2D eigenvalue weighted by molar-refractivity contribution is -0.881. The van der Waals surface area contributed by atoms with Gasteiger partial charge in [-0.15, -0.1) is 0 Å². The molecule has 3 N–H and O–H groups in total. The number of nitrogens with one attached hydrogen (secondary N) is 3. The second-order valence-corrected chi connectivity index (χ2v) is 6.67. The van der Waals surface area contributed by atoms with Crippen LogP contribution in [0.25, 0.3) is 0 Å². The van der Waals surface area contributed by atoms with E-state index in [1.807, 2.05) is 19.9 Å². The maximum atomic E-state index is 12.3. The lowest BCUT2D eigenvalue weighted by atomic mass is 10.2. The highest BCUT2D eigenvalue weighted by Crippen LogP contribution is 2.22. The van der Waals surface area contributed by atoms with Crippen molar-refractivity contribution in [3.63, 3.8) is 0 Å². The van der Waals surface area contributed by atoms with E-state index in [-0.39, 0.29) is 24.9 Å². The average Bonchev–Trinajstić information content (AvgIpc) is 2.64. The predicted molar refractivity (Wildman–Crippen MR) is 108 cm³/mol. The smallest absolute Gasteiger partial charge is 0.279 e. The van der Waals surface area contributed by atoms with Crippen molar-refractivity contribution in [1.82, 2.24) is 0 Å². The molecular weight excluding hydrogens is 366 g/mol. The highest BCUT2D eigenvalue weighted by atomic mass is 35.5. The van der Waals surface area contributed by atoms with E-state index in [9.17, 15) is 9.59 Å². The van der Waals surface area contributed by atoms with Gasteiger partial charge in [0.1, 0.15) is 5.75 Å². The zero-order valence-corrected chi connectivity index (χ0v) is 16.5. The molecule has 7 heteroatoms. The largest absolute Gasteiger partial charge is 0.497 e. The Morgan fingerprint density at radius 3 is 2.22 bits per heavy atom. The second-order valence-electron chi connectivity index (χ2n) is 6.27. The van der Waals surface area contributed by atoms with Gasteiger partial charge in [-0.05, 0) is 55.8 Å². The summed E-state index contributed by atoms with van der Waals surface area (Å²) in [6.07, 6.45) is 0. The van der Waals surface area contributed by atoms with Crippen molar-refractivity contribution < 1.29 is 19.2 Å². The van der Waals surface area contributed by atoms with E-state index in [4.69, 9.17) is 16.3 Å². The zero-order chi connectivity index (χ0) is 19.8. The number of aryl methyl sites for hydroxylation is 1. The molecule has 1 atom stereocenters. The molecule has 144 valence electrons. The average molecular weight is 391 g/mol. The fourth-order valence-corrected chi connectivity index (χ4v) is 2.84. The number of likely N-dealkylation sites (N-methyl/N-ethyl adjacent to an activating group) is 1. The molecule has 27 heavy (non-hydrogen) atoms. The Balaban J connectivity index is 1.87. The Kier molecular flexibility index (Phi) is 7.64. The summed E-state index contributed by atoms with van der Waals surface area (Å²) in [6.45, 7) is 4.88. The van der Waals surface area contributed by atoms with E-state index in [0.29, 0.717) is 22.9 Å². The van der Waals surface area contributed by atoms with Crippen LogP contribution in [0.2, 0.25) is 5.02 Å². The number of ether oxygens (including phenoxy) is 1. The van der Waals surface area contributed by atoms with E-state index in [0.717, 1.165) is 16.2 Å². The normalized spacial score (nSPS) is 11.6. The van der Waals surface area contributed by atoms with E-state index < -0.39 is 0 Å². The van der Waals surface area contributed by atoms with Gasteiger partial charge in [-0.1, -0.05) is 17.7 Å². The van der Waals surface area contributed by atoms with Crippen LogP contribution in [-0.4, -0.2) is 38.6 Å². The lowest BCUT2D eigenvalue weighted by Gasteiger charge is -2.17. The molecule has 0 aliphatic carbocycles. The van der Waals surface area contributed by atoms with Crippen LogP contribution in [0, 0.1) is 6.92 Å². The third-order valence-electron chi connectivity index (χ3n) is 4.09. The Morgan fingerprint density at radius 2 is 1.67 bits per heavy atom. The Labute approximate surface area is 164 Å². The van der Waals surface area contributed by atoms with Crippen molar-refractivity contribution in [3.05, 3.63) is 53.1 Å². The molecule has 2 amide bonds. The van der Waals surface area contributed by atoms with Gasteiger partial charge >= 0.3 is 0 Å². The van der Waals surface area contributed by atoms with Crippen LogP contribution in [0.5, 0.6) is 5.75 Å². The standard InChI is InChI=1S/C20H24ClN3O3/c1-4-24(12-19(25)22-15-6-8-16(27-3)9-7-15)13-20(26)23-18-10-5-14(2)11-17(18)21/h5-11H,4,12-13H2,1-3H3,(H,22,25)(H,23,26)/p+1. The van der Waals surface area contributed by atoms with E-state index in [1.54, 1.807) is 43.5 Å². The van der Waals surface area contributed by atoms with Crippen molar-refractivity contribution >= 4 is 34.8 Å². The summed E-state index contributed by atoms with van der Waals surface area (Å²) in [7, 11) is 1.59. The second kappa shape index (κ2) is 9.94. The Morgan fingerprint density at radius 1 is 1.04 bits per heavy atom. The van der Waals surface area contributed by atoms with Gasteiger partial charge in [0, 0.05) is 5.69 Å². The number of hydrogen-bond donors (Lipinski definition) is 3. The van der Waals surface area contributed by atoms with Crippen molar-refractivity contribution in [2.24, 2.45) is 0 Å². The molecule has 0 fully saturated rings. The molecule has 0 bridgehead atoms. The van der Waals surface area contributed by atoms with Gasteiger partial charge in [0.2, 0.25) is 0 Å². The molecule has 0 aliphatic heterocycles. The number of halogens is 1. The fraction of sp³-hybridized carbons (Fsp3) is 0.300. The van der Waals surface area contributed by atoms with Crippen LogP contribution >= 0.6 is 11.6 Å². The molecule has 2 aromatic carbocycles. The summed E-state index contributed by atoms with van der Waals surface area (Å²) < 4.78 is 5.09. The molecule has 1 unspecified atom stereocenters. The minimum atomic E-state index is -0.185. The minimum absolute atomic E-state index is 0.154. The van der Waals surface area contributed by atoms with Gasteiger partial charge in [0.25, 0.3) is 11.8 Å². The number of anilines is 2. The van der Waals surface area contributed by atoms with Gasteiger partial charge in [-0.3, -0.25) is 9.59 Å². The van der Waals surface area contributed by atoms with Crippen molar-refractivity contribution in [3.8, 4) is 5.75 Å². The van der Waals surface area contributed by atoms with Crippen molar-refractivity contribution in [2.75, 3.05) is 37.4 Å². The first kappa shape index (κ1) is 20.7. The number of benzene rings is 2. The van der Waals surface area contributed by atoms with Crippen LogP contribution in [0.1, 0.15) is 12.5 Å². The van der Waals surface area contributed by atoms with Gasteiger partial charge in [0.15, 0.2) is 13.1 Å². The third kappa shape index (κ3) is 6.58. The first-order chi connectivity index (χ1) is 12.9. The topological polar surface area (TPSA) is 71.9 Å². The molecular formula is C20H25ClN3O3+. The molecule has 0 spiro atoms. The molecule has 0 aliphatic rings. The van der Waals surface area contributed by atoms with Crippen LogP contribution in [0.15, 0.2) is 42.5 Å². The number of amides is 2. The molecule has 2 rings (SSSR count). The number of carbonyl (C=O) groups is 2. The van der Waals surface area contributed by atoms with Crippen LogP contribution in [-0.2, 0) is 9.59 Å². The first-order valence-corrected chi connectivity index (χ1v) is 9.12. The molecule has 2 aromatic rings. The number of carbonyl (C=O) groups excluding carboxylic acids is 2. The monoisotopic (exact) mass is 390 g/mol. The zero-order valence-electron chi connectivity index (χ0n) is 15.8. The quantitative estimate of drug-likeness (QED) is 0.646. The number of hydrogen-bond acceptors (Lipinski definition) is 3. The summed E-state index contributed by atoms with van der Waals surface area (Å²) in [4.78, 5) is 25.4. The SMILES string of the molecule is CC[NH+](CC(=O)Nc1ccc(OC)cc1)CC(=O)Nc1ccc(C)cc1Cl. The van der Waals surface area contributed by atoms with Gasteiger partial charge < -0.3 is 20.3 Å². The summed E-state index contributed by atoms with van der Waals surface area (Å²) in [5.74, 6) is 0.383. The molecule has 0 radical (unpaired) electrons. The number of rotatable bonds is 8. The molecule has 0 aromatic heterocycles. The van der Waals surface area contributed by atoms with E-state index >= 15 is 0 Å². The Bertz CT molecular complexity index is 794. The fourth-order valence-electron chi connectivity index (χ4n) is 2.56. The van der Waals surface area contributed by atoms with Gasteiger partial charge in [-0.25, -0.2) is 0 Å². The van der Waals surface area contributed by atoms with Crippen LogP contribution in [0.4, 0.5) is 11.4 Å². The maximum absolute atomic E-state index is 12.3. The van der Waals surface area contributed by atoms with Crippen LogP contribution < -0.4 is 20.3 Å².